The standard InChI is InChI=1S/C19H34O4Si/c1-17(2,3)24(6,7)23-16-11-13(20)14-12-18(4)10-8-9-15(21-5)19(16,18)22-14/h9,13-14,16,20H,8,10-12H2,1-7H3/t13-,14+,16-,18-,19+/m0/s1. The van der Waals surface area contributed by atoms with Crippen molar-refractivity contribution in [1.29, 1.82) is 0 Å². The van der Waals surface area contributed by atoms with Gasteiger partial charge in [-0.25, -0.2) is 0 Å². The molecule has 0 aromatic rings. The molecule has 0 radical (unpaired) electrons. The fraction of sp³-hybridized carbons (Fsp3) is 0.895. The average molecular weight is 355 g/mol. The molecule has 4 nitrogen and oxygen atoms in total. The Bertz CT molecular complexity index is 538. The first-order valence-electron chi connectivity index (χ1n) is 9.25. The Morgan fingerprint density at radius 2 is 2.00 bits per heavy atom. The number of allylic oxidation sites excluding steroid dienone is 1. The van der Waals surface area contributed by atoms with Crippen LogP contribution in [-0.2, 0) is 13.9 Å². The van der Waals surface area contributed by atoms with Crippen molar-refractivity contribution in [2.24, 2.45) is 5.41 Å². The van der Waals surface area contributed by atoms with E-state index in [2.05, 4.69) is 46.9 Å². The van der Waals surface area contributed by atoms with Crippen LogP contribution in [0.2, 0.25) is 18.1 Å². The van der Waals surface area contributed by atoms with Gasteiger partial charge in [-0.15, -0.1) is 0 Å². The highest BCUT2D eigenvalue weighted by atomic mass is 28.4. The number of aliphatic hydroxyl groups is 1. The lowest BCUT2D eigenvalue weighted by Crippen LogP contribution is -2.63. The summed E-state index contributed by atoms with van der Waals surface area (Å²) in [6.07, 6.45) is 5.03. The highest BCUT2D eigenvalue weighted by molar-refractivity contribution is 6.74. The lowest BCUT2D eigenvalue weighted by Gasteiger charge is -2.54. The topological polar surface area (TPSA) is 47.9 Å². The molecule has 2 aliphatic heterocycles. The van der Waals surface area contributed by atoms with Crippen molar-refractivity contribution in [1.82, 2.24) is 0 Å². The maximum atomic E-state index is 10.6. The Kier molecular flexibility index (Phi) is 4.27. The van der Waals surface area contributed by atoms with Crippen LogP contribution in [0.5, 0.6) is 0 Å². The van der Waals surface area contributed by atoms with Gasteiger partial charge in [-0.1, -0.05) is 27.7 Å². The molecule has 3 aliphatic rings. The van der Waals surface area contributed by atoms with Crippen molar-refractivity contribution in [3.8, 4) is 0 Å². The lowest BCUT2D eigenvalue weighted by molar-refractivity contribution is -0.206. The summed E-state index contributed by atoms with van der Waals surface area (Å²) in [5, 5.41) is 10.8. The first-order valence-corrected chi connectivity index (χ1v) is 12.2. The summed E-state index contributed by atoms with van der Waals surface area (Å²) in [5.74, 6) is 0.911. The van der Waals surface area contributed by atoms with E-state index in [1.54, 1.807) is 7.11 Å². The molecule has 5 heteroatoms. The van der Waals surface area contributed by atoms with Crippen LogP contribution in [0.3, 0.4) is 0 Å². The zero-order valence-electron chi connectivity index (χ0n) is 16.3. The Hall–Kier alpha value is -0.363. The molecule has 0 unspecified atom stereocenters. The zero-order valence-corrected chi connectivity index (χ0v) is 17.3. The molecule has 2 saturated heterocycles. The molecule has 24 heavy (non-hydrogen) atoms. The normalized spacial score (nSPS) is 42.5. The van der Waals surface area contributed by atoms with Crippen LogP contribution in [0.1, 0.15) is 53.4 Å². The number of ether oxygens (including phenoxy) is 2. The molecular weight excluding hydrogens is 320 g/mol. The molecular formula is C19H34O4Si. The van der Waals surface area contributed by atoms with Crippen LogP contribution in [0.4, 0.5) is 0 Å². The van der Waals surface area contributed by atoms with E-state index in [9.17, 15) is 5.11 Å². The Labute approximate surface area is 147 Å². The molecule has 0 amide bonds. The molecule has 0 saturated carbocycles. The number of rotatable bonds is 3. The molecule has 2 heterocycles. The molecule has 3 rings (SSSR count). The molecule has 138 valence electrons. The van der Waals surface area contributed by atoms with Gasteiger partial charge in [0.25, 0.3) is 0 Å². The minimum atomic E-state index is -1.99. The minimum absolute atomic E-state index is 0.0394. The summed E-state index contributed by atoms with van der Waals surface area (Å²) >= 11 is 0. The predicted octanol–water partition coefficient (Wildman–Crippen LogP) is 4.00. The van der Waals surface area contributed by atoms with Crippen LogP contribution in [0.25, 0.3) is 0 Å². The fourth-order valence-electron chi connectivity index (χ4n) is 4.61. The highest BCUT2D eigenvalue weighted by Crippen LogP contribution is 2.62. The van der Waals surface area contributed by atoms with Crippen molar-refractivity contribution < 1.29 is 19.0 Å². The van der Waals surface area contributed by atoms with E-state index >= 15 is 0 Å². The largest absolute Gasteiger partial charge is 0.498 e. The molecule has 2 bridgehead atoms. The van der Waals surface area contributed by atoms with Crippen molar-refractivity contribution in [2.75, 3.05) is 7.11 Å². The second-order valence-electron chi connectivity index (χ2n) is 9.64. The van der Waals surface area contributed by atoms with Crippen LogP contribution >= 0.6 is 0 Å². The zero-order chi connectivity index (χ0) is 18.0. The van der Waals surface area contributed by atoms with Gasteiger partial charge in [-0.2, -0.15) is 0 Å². The third-order valence-electron chi connectivity index (χ3n) is 7.08. The predicted molar refractivity (Wildman–Crippen MR) is 97.3 cm³/mol. The van der Waals surface area contributed by atoms with Gasteiger partial charge in [-0.05, 0) is 43.5 Å². The van der Waals surface area contributed by atoms with E-state index in [1.165, 1.54) is 0 Å². The monoisotopic (exact) mass is 354 g/mol. The van der Waals surface area contributed by atoms with Crippen molar-refractivity contribution in [3.05, 3.63) is 11.8 Å². The summed E-state index contributed by atoms with van der Waals surface area (Å²) in [5.41, 5.74) is -0.582. The minimum Gasteiger partial charge on any atom is -0.498 e. The van der Waals surface area contributed by atoms with Gasteiger partial charge in [0.15, 0.2) is 13.9 Å². The molecule has 1 aliphatic carbocycles. The lowest BCUT2D eigenvalue weighted by atomic mass is 9.64. The van der Waals surface area contributed by atoms with E-state index in [0.29, 0.717) is 6.42 Å². The van der Waals surface area contributed by atoms with Crippen molar-refractivity contribution in [2.45, 2.75) is 95.4 Å². The van der Waals surface area contributed by atoms with Crippen LogP contribution in [0, 0.1) is 5.41 Å². The fourth-order valence-corrected chi connectivity index (χ4v) is 5.94. The molecule has 1 spiro atoms. The maximum absolute atomic E-state index is 10.6. The number of aliphatic hydroxyl groups excluding tert-OH is 1. The summed E-state index contributed by atoms with van der Waals surface area (Å²) in [4.78, 5) is 0. The summed E-state index contributed by atoms with van der Waals surface area (Å²) in [7, 11) is -0.259. The van der Waals surface area contributed by atoms with Crippen LogP contribution < -0.4 is 0 Å². The van der Waals surface area contributed by atoms with E-state index in [0.717, 1.165) is 25.0 Å². The number of methoxy groups -OCH3 is 1. The van der Waals surface area contributed by atoms with Crippen molar-refractivity contribution >= 4 is 8.32 Å². The third-order valence-corrected chi connectivity index (χ3v) is 11.6. The molecule has 2 fully saturated rings. The summed E-state index contributed by atoms with van der Waals surface area (Å²) in [6.45, 7) is 13.6. The van der Waals surface area contributed by atoms with Crippen molar-refractivity contribution in [3.63, 3.8) is 0 Å². The third kappa shape index (κ3) is 2.43. The molecule has 0 aromatic carbocycles. The average Bonchev–Trinajstić information content (AvgIpc) is 2.74. The first-order chi connectivity index (χ1) is 11.0. The number of fused-ring (bicyclic) bond motifs is 1. The quantitative estimate of drug-likeness (QED) is 0.778. The SMILES string of the molecule is COC1=CCC[C@@]2(C)C[C@H]3O[C@@]12[C@@H](O[Si](C)(C)C(C)(C)C)C[C@@H]3O. The number of hydrogen-bond acceptors (Lipinski definition) is 4. The van der Waals surface area contributed by atoms with E-state index in [1.807, 2.05) is 0 Å². The van der Waals surface area contributed by atoms with Gasteiger partial charge in [0, 0.05) is 11.8 Å². The summed E-state index contributed by atoms with van der Waals surface area (Å²) in [6, 6.07) is 0. The molecule has 5 atom stereocenters. The first kappa shape index (κ1) is 18.4. The van der Waals surface area contributed by atoms with Gasteiger partial charge < -0.3 is 19.0 Å². The van der Waals surface area contributed by atoms with Gasteiger partial charge in [0.1, 0.15) is 5.76 Å². The Morgan fingerprint density at radius 3 is 2.58 bits per heavy atom. The number of hydrogen-bond donors (Lipinski definition) is 1. The van der Waals surface area contributed by atoms with Gasteiger partial charge in [-0.3, -0.25) is 0 Å². The summed E-state index contributed by atoms with van der Waals surface area (Å²) < 4.78 is 19.2. The Balaban J connectivity index is 2.04. The second-order valence-corrected chi connectivity index (χ2v) is 14.4. The van der Waals surface area contributed by atoms with Gasteiger partial charge in [0.2, 0.25) is 0 Å². The maximum Gasteiger partial charge on any atom is 0.192 e. The molecule has 0 aromatic heterocycles. The van der Waals surface area contributed by atoms with E-state index < -0.39 is 20.0 Å². The van der Waals surface area contributed by atoms with Crippen LogP contribution in [-0.4, -0.2) is 44.4 Å². The smallest absolute Gasteiger partial charge is 0.192 e. The van der Waals surface area contributed by atoms with E-state index in [4.69, 9.17) is 13.9 Å². The second kappa shape index (κ2) is 5.57. The highest BCUT2D eigenvalue weighted by Gasteiger charge is 2.69. The van der Waals surface area contributed by atoms with Crippen LogP contribution in [0.15, 0.2) is 11.8 Å². The van der Waals surface area contributed by atoms with E-state index in [-0.39, 0.29) is 22.7 Å². The van der Waals surface area contributed by atoms with Gasteiger partial charge >= 0.3 is 0 Å². The van der Waals surface area contributed by atoms with Gasteiger partial charge in [0.05, 0.1) is 25.4 Å². The molecule has 1 N–H and O–H groups in total. The Morgan fingerprint density at radius 1 is 1.33 bits per heavy atom.